The summed E-state index contributed by atoms with van der Waals surface area (Å²) in [6.07, 6.45) is -1.26. The minimum Gasteiger partial charge on any atom is -0.748 e. The van der Waals surface area contributed by atoms with Crippen molar-refractivity contribution in [3.8, 4) is 0 Å². The zero-order valence-electron chi connectivity index (χ0n) is 10.1. The van der Waals surface area contributed by atoms with Gasteiger partial charge in [0.05, 0.1) is 42.1 Å². The zero-order chi connectivity index (χ0) is 14.6. The van der Waals surface area contributed by atoms with Crippen LogP contribution in [-0.2, 0) is 19.7 Å². The van der Waals surface area contributed by atoms with Crippen LogP contribution in [0.5, 0.6) is 0 Å². The molecule has 0 unspecified atom stereocenters. The van der Waals surface area contributed by atoms with Crippen LogP contribution < -0.4 is 10.0 Å². The van der Waals surface area contributed by atoms with E-state index >= 15 is 0 Å². The van der Waals surface area contributed by atoms with Crippen molar-refractivity contribution in [3.05, 3.63) is 0 Å². The van der Waals surface area contributed by atoms with E-state index in [9.17, 15) is 32.8 Å². The number of aliphatic carboxylic acids is 1. The second kappa shape index (κ2) is 6.28. The van der Waals surface area contributed by atoms with Crippen molar-refractivity contribution in [2.45, 2.75) is 6.10 Å². The number of carboxylic acids is 1. The summed E-state index contributed by atoms with van der Waals surface area (Å²) in [7, 11) is -4.47. The average molecular weight is 295 g/mol. The highest BCUT2D eigenvalue weighted by molar-refractivity contribution is 7.85. The summed E-state index contributed by atoms with van der Waals surface area (Å²) < 4.78 is 31.3. The smallest absolute Gasteiger partial charge is 0.269 e. The third-order valence-electron chi connectivity index (χ3n) is 2.85. The molecule has 10 heteroatoms. The van der Waals surface area contributed by atoms with Gasteiger partial charge in [0.2, 0.25) is 0 Å². The van der Waals surface area contributed by atoms with Gasteiger partial charge in [-0.15, -0.1) is 0 Å². The van der Waals surface area contributed by atoms with Crippen molar-refractivity contribution in [3.63, 3.8) is 0 Å². The number of carbonyl (C=O) groups excluding carboxylic acids is 2. The molecule has 1 rings (SSSR count). The van der Waals surface area contributed by atoms with Crippen molar-refractivity contribution < 1.29 is 37.7 Å². The zero-order valence-corrected chi connectivity index (χ0v) is 10.9. The van der Waals surface area contributed by atoms with E-state index in [1.807, 2.05) is 0 Å². The number of piperazine rings is 1. The highest BCUT2D eigenvalue weighted by Crippen LogP contribution is 1.92. The summed E-state index contributed by atoms with van der Waals surface area (Å²) in [5.74, 6) is -3.69. The Morgan fingerprint density at radius 3 is 2.26 bits per heavy atom. The molecule has 0 bridgehead atoms. The molecule has 0 aromatic carbocycles. The Morgan fingerprint density at radius 2 is 1.84 bits per heavy atom. The quantitative estimate of drug-likeness (QED) is 0.389. The summed E-state index contributed by atoms with van der Waals surface area (Å²) in [4.78, 5) is 23.4. The van der Waals surface area contributed by atoms with Crippen LogP contribution >= 0.6 is 0 Å². The van der Waals surface area contributed by atoms with Gasteiger partial charge in [0, 0.05) is 0 Å². The number of carboxylic acid groups (broad SMARTS) is 1. The van der Waals surface area contributed by atoms with Crippen LogP contribution in [0.2, 0.25) is 0 Å². The van der Waals surface area contributed by atoms with Gasteiger partial charge in [-0.2, -0.15) is 0 Å². The maximum Gasteiger partial charge on any atom is 0.269 e. The Balaban J connectivity index is 2.38. The van der Waals surface area contributed by atoms with Gasteiger partial charge < -0.3 is 29.4 Å². The fourth-order valence-electron chi connectivity index (χ4n) is 1.99. The van der Waals surface area contributed by atoms with E-state index in [2.05, 4.69) is 0 Å². The Morgan fingerprint density at radius 1 is 1.32 bits per heavy atom. The van der Waals surface area contributed by atoms with Crippen molar-refractivity contribution in [1.82, 2.24) is 4.90 Å². The van der Waals surface area contributed by atoms with Gasteiger partial charge in [-0.3, -0.25) is 4.79 Å². The van der Waals surface area contributed by atoms with Gasteiger partial charge in [0.1, 0.15) is 18.6 Å². The minimum absolute atomic E-state index is 0.0643. The fourth-order valence-corrected chi connectivity index (χ4v) is 2.58. The van der Waals surface area contributed by atoms with E-state index in [0.717, 1.165) is 9.80 Å². The highest BCUT2D eigenvalue weighted by atomic mass is 32.2. The molecule has 1 atom stereocenters. The molecule has 0 aromatic rings. The molecule has 1 saturated heterocycles. The van der Waals surface area contributed by atoms with Crippen LogP contribution in [0, 0.1) is 0 Å². The third-order valence-corrected chi connectivity index (χ3v) is 3.65. The number of hydrogen-bond acceptors (Lipinski definition) is 7. The summed E-state index contributed by atoms with van der Waals surface area (Å²) in [6, 6.07) is 0. The maximum atomic E-state index is 11.1. The normalized spacial score (nSPS) is 19.2. The Labute approximate surface area is 110 Å². The fraction of sp³-hybridized carbons (Fsp3) is 0.778. The third kappa shape index (κ3) is 5.51. The summed E-state index contributed by atoms with van der Waals surface area (Å²) in [5.41, 5.74) is 0. The van der Waals surface area contributed by atoms with Gasteiger partial charge >= 0.3 is 0 Å². The van der Waals surface area contributed by atoms with Gasteiger partial charge in [-0.1, -0.05) is 0 Å². The first kappa shape index (κ1) is 15.8. The molecule has 0 aliphatic carbocycles. The van der Waals surface area contributed by atoms with Gasteiger partial charge in [0.15, 0.2) is 0 Å². The van der Waals surface area contributed by atoms with Crippen molar-refractivity contribution >= 4 is 22.0 Å². The van der Waals surface area contributed by atoms with E-state index in [1.165, 1.54) is 0 Å². The molecule has 0 spiro atoms. The predicted molar refractivity (Wildman–Crippen MR) is 57.7 cm³/mol. The van der Waals surface area contributed by atoms with E-state index in [0.29, 0.717) is 13.1 Å². The number of carbonyl (C=O) groups is 2. The lowest BCUT2D eigenvalue weighted by Crippen LogP contribution is -3.16. The van der Waals surface area contributed by atoms with Crippen molar-refractivity contribution in [2.75, 3.05) is 38.5 Å². The molecule has 1 heterocycles. The number of quaternary nitrogens is 1. The average Bonchev–Trinajstić information content (AvgIpc) is 2.26. The number of hydrogen-bond donors (Lipinski definition) is 2. The molecule has 1 aliphatic heterocycles. The predicted octanol–water partition coefficient (Wildman–Crippen LogP) is -5.63. The molecular formula is C9H15N2O7S-. The van der Waals surface area contributed by atoms with Gasteiger partial charge in [-0.05, 0) is 0 Å². The highest BCUT2D eigenvalue weighted by Gasteiger charge is 2.26. The Hall–Kier alpha value is -1.23. The van der Waals surface area contributed by atoms with E-state index in [1.54, 1.807) is 0 Å². The standard InChI is InChI=1S/C9H16N2O7S/c12-7(6-19(16,17)18)5-10-1-3-11(4-2-10)8(13)9(14)15/h7,12H,1-6H2,(H,14,15)(H,16,17,18)/p-1/t7-/m1/s1. The topological polar surface area (TPSA) is 142 Å². The van der Waals surface area contributed by atoms with Crippen LogP contribution in [0.25, 0.3) is 0 Å². The molecule has 110 valence electrons. The molecule has 1 amide bonds. The lowest BCUT2D eigenvalue weighted by Gasteiger charge is -2.33. The molecule has 0 aromatic heterocycles. The molecule has 1 fully saturated rings. The van der Waals surface area contributed by atoms with Crippen molar-refractivity contribution in [1.29, 1.82) is 0 Å². The Bertz CT molecular complexity index is 441. The monoisotopic (exact) mass is 295 g/mol. The van der Waals surface area contributed by atoms with Crippen LogP contribution in [0.1, 0.15) is 0 Å². The number of amides is 1. The van der Waals surface area contributed by atoms with E-state index in [4.69, 9.17) is 0 Å². The SMILES string of the molecule is O=C([O-])C(=O)N1CC[NH+](C[C@@H](O)CS(=O)(=O)[O-])CC1. The second-order valence-electron chi connectivity index (χ2n) is 4.41. The van der Waals surface area contributed by atoms with Crippen LogP contribution in [0.15, 0.2) is 0 Å². The molecule has 2 N–H and O–H groups in total. The molecule has 19 heavy (non-hydrogen) atoms. The molecule has 0 radical (unpaired) electrons. The maximum absolute atomic E-state index is 11.1. The van der Waals surface area contributed by atoms with Gasteiger partial charge in [0.25, 0.3) is 5.91 Å². The first-order valence-corrected chi connectivity index (χ1v) is 7.22. The molecular weight excluding hydrogens is 280 g/mol. The van der Waals surface area contributed by atoms with E-state index in [-0.39, 0.29) is 19.6 Å². The minimum atomic E-state index is -4.47. The second-order valence-corrected chi connectivity index (χ2v) is 5.86. The summed E-state index contributed by atoms with van der Waals surface area (Å²) in [5, 5.41) is 19.8. The lowest BCUT2D eigenvalue weighted by atomic mass is 10.2. The number of aliphatic hydroxyl groups is 1. The van der Waals surface area contributed by atoms with Crippen LogP contribution in [0.4, 0.5) is 0 Å². The Kier molecular flexibility index (Phi) is 5.23. The summed E-state index contributed by atoms with van der Waals surface area (Å²) >= 11 is 0. The van der Waals surface area contributed by atoms with Gasteiger partial charge in [-0.25, -0.2) is 8.42 Å². The first-order chi connectivity index (χ1) is 8.69. The number of rotatable bonds is 4. The number of nitrogens with one attached hydrogen (secondary N) is 1. The molecule has 1 aliphatic rings. The number of nitrogens with zero attached hydrogens (tertiary/aromatic N) is 1. The molecule has 0 saturated carbocycles. The van der Waals surface area contributed by atoms with Crippen molar-refractivity contribution in [2.24, 2.45) is 0 Å². The number of aliphatic hydroxyl groups excluding tert-OH is 1. The van der Waals surface area contributed by atoms with E-state index < -0.39 is 33.9 Å². The largest absolute Gasteiger partial charge is 0.748 e. The van der Waals surface area contributed by atoms with Crippen LogP contribution in [0.3, 0.4) is 0 Å². The molecule has 9 nitrogen and oxygen atoms in total. The first-order valence-electron chi connectivity index (χ1n) is 5.64. The summed E-state index contributed by atoms with van der Waals surface area (Å²) in [6.45, 7) is 1.16. The lowest BCUT2D eigenvalue weighted by molar-refractivity contribution is -0.906. The van der Waals surface area contributed by atoms with Crippen LogP contribution in [-0.4, -0.2) is 79.4 Å².